The zero-order valence-electron chi connectivity index (χ0n) is 38.0. The lowest BCUT2D eigenvalue weighted by Crippen LogP contribution is -2.36. The first kappa shape index (κ1) is 54.5. The monoisotopic (exact) mass is 818 g/mol. The van der Waals surface area contributed by atoms with Crippen molar-refractivity contribution in [2.24, 2.45) is 5.73 Å². The molecule has 1 aromatic carbocycles. The number of nitrogens with one attached hydrogen (secondary N) is 1. The number of anilines is 1. The van der Waals surface area contributed by atoms with Gasteiger partial charge < -0.3 is 35.4 Å². The molecular formula is C45H83N7O6. The standard InChI is InChI=1S/C9H12N2O.C9H17NO.C8H15NO.C7H13NO.C7H15NO.C5H11NO/c1-7-2-4-8(5-3-7)11-9(12)6-10;1-2-7-10-8-5-3-4-6-9(10)11;1-2-6-9-7-4-3-5-8(9)10;1-2-5-8-6-3-4-7(8)9;1-2-3-8-4-6-9-7-5-8;1-4-5(7)6(2)3/h2-5H,6,10H2,1H3,(H,11,12);2-8H2,1H3;2-7H2,1H3;2-6H2,1H3;2-7H2,1H3;4H2,1-3H3. The number of rotatable bonds is 11. The van der Waals surface area contributed by atoms with Gasteiger partial charge in [-0.05, 0) is 83.4 Å². The molecule has 0 radical (unpaired) electrons. The van der Waals surface area contributed by atoms with E-state index in [0.717, 1.165) is 129 Å². The first-order valence-corrected chi connectivity index (χ1v) is 22.3. The largest absolute Gasteiger partial charge is 0.379 e. The maximum atomic E-state index is 11.3. The smallest absolute Gasteiger partial charge is 0.238 e. The molecule has 334 valence electrons. The number of hydrogen-bond donors (Lipinski definition) is 2. The number of nitrogens with two attached hydrogens (primary N) is 1. The van der Waals surface area contributed by atoms with Crippen molar-refractivity contribution < 1.29 is 28.7 Å². The fraction of sp³-hybridized carbons (Fsp3) is 0.756. The Morgan fingerprint density at radius 3 is 1.45 bits per heavy atom. The number of benzene rings is 1. The number of morpholine rings is 1. The number of amides is 5. The number of hydrogen-bond acceptors (Lipinski definition) is 8. The van der Waals surface area contributed by atoms with Crippen LogP contribution in [0.4, 0.5) is 5.69 Å². The average Bonchev–Trinajstić information content (AvgIpc) is 3.52. The van der Waals surface area contributed by atoms with Crippen molar-refractivity contribution in [3.05, 3.63) is 29.8 Å². The maximum Gasteiger partial charge on any atom is 0.238 e. The van der Waals surface area contributed by atoms with Crippen molar-refractivity contribution in [2.45, 2.75) is 131 Å². The first-order valence-electron chi connectivity index (χ1n) is 22.3. The molecule has 13 nitrogen and oxygen atoms in total. The third-order valence-corrected chi connectivity index (χ3v) is 9.71. The second-order valence-corrected chi connectivity index (χ2v) is 15.2. The molecular weight excluding hydrogens is 735 g/mol. The Kier molecular flexibility index (Phi) is 33.2. The third kappa shape index (κ3) is 27.2. The molecule has 4 aliphatic heterocycles. The van der Waals surface area contributed by atoms with E-state index in [1.165, 1.54) is 37.8 Å². The third-order valence-electron chi connectivity index (χ3n) is 9.71. The van der Waals surface area contributed by atoms with Gasteiger partial charge in [-0.15, -0.1) is 0 Å². The summed E-state index contributed by atoms with van der Waals surface area (Å²) in [6, 6.07) is 7.57. The molecule has 0 saturated carbocycles. The van der Waals surface area contributed by atoms with Crippen LogP contribution in [0.5, 0.6) is 0 Å². The molecule has 0 aromatic heterocycles. The Balaban J connectivity index is 0.000000677. The zero-order valence-corrected chi connectivity index (χ0v) is 38.0. The lowest BCUT2D eigenvalue weighted by atomic mass is 10.1. The number of carbonyl (C=O) groups excluding carboxylic acids is 5. The molecule has 3 N–H and O–H groups in total. The maximum absolute atomic E-state index is 11.3. The van der Waals surface area contributed by atoms with Crippen LogP contribution in [0.3, 0.4) is 0 Å². The molecule has 58 heavy (non-hydrogen) atoms. The lowest BCUT2D eigenvalue weighted by molar-refractivity contribution is -0.133. The van der Waals surface area contributed by atoms with E-state index in [-0.39, 0.29) is 18.4 Å². The molecule has 1 aromatic rings. The minimum absolute atomic E-state index is 0.0217. The highest BCUT2D eigenvalue weighted by Crippen LogP contribution is 2.12. The van der Waals surface area contributed by atoms with Crippen LogP contribution in [-0.2, 0) is 28.7 Å². The van der Waals surface area contributed by atoms with Gasteiger partial charge in [-0.2, -0.15) is 0 Å². The van der Waals surface area contributed by atoms with Gasteiger partial charge in [-0.1, -0.05) is 58.7 Å². The van der Waals surface area contributed by atoms with Crippen molar-refractivity contribution in [1.29, 1.82) is 0 Å². The molecule has 5 amide bonds. The van der Waals surface area contributed by atoms with Gasteiger partial charge in [0.2, 0.25) is 29.5 Å². The normalized spacial score (nSPS) is 16.6. The molecule has 13 heteroatoms. The van der Waals surface area contributed by atoms with Crippen molar-refractivity contribution in [1.82, 2.24) is 24.5 Å². The topological polar surface area (TPSA) is 149 Å². The van der Waals surface area contributed by atoms with Gasteiger partial charge in [0.25, 0.3) is 0 Å². The summed E-state index contributed by atoms with van der Waals surface area (Å²) in [6.07, 6.45) is 14.4. The molecule has 4 aliphatic rings. The van der Waals surface area contributed by atoms with E-state index in [2.05, 4.69) is 37.9 Å². The number of ether oxygens (including phenoxy) is 1. The molecule has 0 atom stereocenters. The molecule has 4 fully saturated rings. The molecule has 0 aliphatic carbocycles. The number of aryl methyl sites for hydroxylation is 1. The van der Waals surface area contributed by atoms with Gasteiger partial charge in [-0.3, -0.25) is 28.9 Å². The van der Waals surface area contributed by atoms with Crippen molar-refractivity contribution in [3.63, 3.8) is 0 Å². The molecule has 5 rings (SSSR count). The van der Waals surface area contributed by atoms with E-state index in [1.807, 2.05) is 52.8 Å². The summed E-state index contributed by atoms with van der Waals surface area (Å²) < 4.78 is 5.20. The van der Waals surface area contributed by atoms with Gasteiger partial charge >= 0.3 is 0 Å². The van der Waals surface area contributed by atoms with E-state index >= 15 is 0 Å². The fourth-order valence-electron chi connectivity index (χ4n) is 6.43. The fourth-order valence-corrected chi connectivity index (χ4v) is 6.43. The van der Waals surface area contributed by atoms with E-state index in [4.69, 9.17) is 10.5 Å². The highest BCUT2D eigenvalue weighted by molar-refractivity contribution is 5.92. The van der Waals surface area contributed by atoms with Crippen LogP contribution in [0.15, 0.2) is 24.3 Å². The van der Waals surface area contributed by atoms with Crippen LogP contribution in [0.2, 0.25) is 0 Å². The number of carbonyl (C=O) groups is 5. The Bertz CT molecular complexity index is 1240. The van der Waals surface area contributed by atoms with Gasteiger partial charge in [0, 0.05) is 97.8 Å². The van der Waals surface area contributed by atoms with Crippen LogP contribution in [-0.4, -0.2) is 147 Å². The van der Waals surface area contributed by atoms with Crippen LogP contribution in [0.25, 0.3) is 0 Å². The quantitative estimate of drug-likeness (QED) is 0.263. The summed E-state index contributed by atoms with van der Waals surface area (Å²) >= 11 is 0. The second-order valence-electron chi connectivity index (χ2n) is 15.2. The minimum atomic E-state index is -0.168. The van der Waals surface area contributed by atoms with E-state index in [9.17, 15) is 24.0 Å². The summed E-state index contributed by atoms with van der Waals surface area (Å²) in [4.78, 5) is 64.6. The van der Waals surface area contributed by atoms with Gasteiger partial charge in [0.15, 0.2) is 0 Å². The van der Waals surface area contributed by atoms with Gasteiger partial charge in [0.05, 0.1) is 19.8 Å². The number of piperidine rings is 1. The van der Waals surface area contributed by atoms with Crippen LogP contribution < -0.4 is 11.1 Å². The molecule has 0 spiro atoms. The Labute approximate surface area is 352 Å². The second kappa shape index (κ2) is 35.4. The van der Waals surface area contributed by atoms with E-state index < -0.39 is 0 Å². The molecule has 4 saturated heterocycles. The van der Waals surface area contributed by atoms with Crippen molar-refractivity contribution in [3.8, 4) is 0 Å². The molecule has 0 bridgehead atoms. The summed E-state index contributed by atoms with van der Waals surface area (Å²) in [5.74, 6) is 1.08. The van der Waals surface area contributed by atoms with Gasteiger partial charge in [0.1, 0.15) is 0 Å². The lowest BCUT2D eigenvalue weighted by Gasteiger charge is -2.25. The summed E-state index contributed by atoms with van der Waals surface area (Å²) in [5, 5.41) is 2.65. The van der Waals surface area contributed by atoms with Crippen molar-refractivity contribution >= 4 is 35.2 Å². The van der Waals surface area contributed by atoms with E-state index in [1.54, 1.807) is 19.0 Å². The highest BCUT2D eigenvalue weighted by Gasteiger charge is 2.18. The SMILES string of the molecule is CCC(=O)N(C)C.CCCN1CCCC1=O.CCCN1CCCCC1=O.CCCN1CCCCCC1=O.CCCN1CCOCC1.Cc1ccc(NC(=O)CN)cc1. The number of nitrogens with zero attached hydrogens (tertiary/aromatic N) is 5. The first-order chi connectivity index (χ1) is 27.9. The Morgan fingerprint density at radius 2 is 1.07 bits per heavy atom. The Morgan fingerprint density at radius 1 is 0.638 bits per heavy atom. The predicted octanol–water partition coefficient (Wildman–Crippen LogP) is 6.33. The van der Waals surface area contributed by atoms with Crippen molar-refractivity contribution in [2.75, 3.05) is 98.1 Å². The molecule has 0 unspecified atom stereocenters. The van der Waals surface area contributed by atoms with E-state index in [0.29, 0.717) is 24.1 Å². The zero-order chi connectivity index (χ0) is 43.6. The number of likely N-dealkylation sites (tertiary alicyclic amines) is 3. The molecule has 4 heterocycles. The summed E-state index contributed by atoms with van der Waals surface area (Å²) in [6.45, 7) is 23.6. The Hall–Kier alpha value is -3.55. The minimum Gasteiger partial charge on any atom is -0.379 e. The summed E-state index contributed by atoms with van der Waals surface area (Å²) in [7, 11) is 3.51. The van der Waals surface area contributed by atoms with Crippen LogP contribution in [0, 0.1) is 6.92 Å². The average molecular weight is 818 g/mol. The van der Waals surface area contributed by atoms with Crippen LogP contribution in [0.1, 0.15) is 130 Å². The highest BCUT2D eigenvalue weighted by atomic mass is 16.5. The predicted molar refractivity (Wildman–Crippen MR) is 238 cm³/mol. The summed E-state index contributed by atoms with van der Waals surface area (Å²) in [5.41, 5.74) is 7.09. The van der Waals surface area contributed by atoms with Crippen LogP contribution >= 0.6 is 0 Å². The van der Waals surface area contributed by atoms with Gasteiger partial charge in [-0.25, -0.2) is 0 Å².